The van der Waals surface area contributed by atoms with Crippen LogP contribution in [0.2, 0.25) is 0 Å². The largest absolute Gasteiger partial charge is 0.336 e. The molecular formula is C11H12Br2N2O. The minimum Gasteiger partial charge on any atom is -0.336 e. The molecule has 1 fully saturated rings. The van der Waals surface area contributed by atoms with Crippen LogP contribution in [0, 0.1) is 0 Å². The van der Waals surface area contributed by atoms with Crippen molar-refractivity contribution in [2.75, 3.05) is 26.2 Å². The van der Waals surface area contributed by atoms with Crippen molar-refractivity contribution in [2.24, 2.45) is 0 Å². The van der Waals surface area contributed by atoms with Gasteiger partial charge in [0.05, 0.1) is 5.56 Å². The molecule has 5 heteroatoms. The fourth-order valence-corrected chi connectivity index (χ4v) is 2.48. The van der Waals surface area contributed by atoms with Gasteiger partial charge in [0, 0.05) is 35.1 Å². The summed E-state index contributed by atoms with van der Waals surface area (Å²) in [5, 5.41) is 3.23. The van der Waals surface area contributed by atoms with Crippen LogP contribution in [0.25, 0.3) is 0 Å². The number of rotatable bonds is 1. The van der Waals surface area contributed by atoms with Crippen molar-refractivity contribution in [1.29, 1.82) is 0 Å². The molecule has 1 aromatic carbocycles. The zero-order chi connectivity index (χ0) is 11.5. The minimum absolute atomic E-state index is 0.0923. The molecule has 1 aromatic rings. The van der Waals surface area contributed by atoms with Crippen LogP contribution in [0.3, 0.4) is 0 Å². The summed E-state index contributed by atoms with van der Waals surface area (Å²) in [6.07, 6.45) is 0. The van der Waals surface area contributed by atoms with Gasteiger partial charge < -0.3 is 10.2 Å². The molecule has 16 heavy (non-hydrogen) atoms. The van der Waals surface area contributed by atoms with Crippen LogP contribution in [-0.2, 0) is 0 Å². The first-order chi connectivity index (χ1) is 7.68. The number of halogens is 2. The van der Waals surface area contributed by atoms with Gasteiger partial charge >= 0.3 is 0 Å². The highest BCUT2D eigenvalue weighted by Gasteiger charge is 2.19. The molecule has 0 radical (unpaired) electrons. The van der Waals surface area contributed by atoms with Crippen LogP contribution in [0.15, 0.2) is 27.1 Å². The van der Waals surface area contributed by atoms with E-state index in [1.54, 1.807) is 0 Å². The summed E-state index contributed by atoms with van der Waals surface area (Å²) in [5.74, 6) is 0.0923. The Bertz CT molecular complexity index is 403. The monoisotopic (exact) mass is 346 g/mol. The smallest absolute Gasteiger partial charge is 0.255 e. The van der Waals surface area contributed by atoms with Crippen molar-refractivity contribution in [1.82, 2.24) is 10.2 Å². The van der Waals surface area contributed by atoms with Crippen LogP contribution >= 0.6 is 31.9 Å². The van der Waals surface area contributed by atoms with Gasteiger partial charge in [-0.15, -0.1) is 0 Å². The first-order valence-corrected chi connectivity index (χ1v) is 6.72. The Morgan fingerprint density at radius 3 is 2.62 bits per heavy atom. The van der Waals surface area contributed by atoms with Crippen LogP contribution in [-0.4, -0.2) is 37.0 Å². The number of nitrogens with one attached hydrogen (secondary N) is 1. The molecule has 86 valence electrons. The van der Waals surface area contributed by atoms with E-state index in [0.717, 1.165) is 40.7 Å². The molecule has 0 aromatic heterocycles. The summed E-state index contributed by atoms with van der Waals surface area (Å²) in [7, 11) is 0. The summed E-state index contributed by atoms with van der Waals surface area (Å²) in [6.45, 7) is 3.30. The Hall–Kier alpha value is -0.390. The third-order valence-corrected chi connectivity index (χ3v) is 3.75. The first-order valence-electron chi connectivity index (χ1n) is 5.13. The maximum absolute atomic E-state index is 12.2. The molecule has 2 rings (SSSR count). The standard InChI is InChI=1S/C11H12Br2N2O/c12-8-1-2-10(13)9(7-8)11(16)15-5-3-14-4-6-15/h1-2,7,14H,3-6H2. The molecule has 1 N–H and O–H groups in total. The van der Waals surface area contributed by atoms with Gasteiger partial charge in [-0.05, 0) is 34.1 Å². The van der Waals surface area contributed by atoms with Crippen molar-refractivity contribution in [3.05, 3.63) is 32.7 Å². The van der Waals surface area contributed by atoms with Gasteiger partial charge in [-0.25, -0.2) is 0 Å². The van der Waals surface area contributed by atoms with Crippen LogP contribution < -0.4 is 5.32 Å². The third kappa shape index (κ3) is 2.64. The number of hydrogen-bond acceptors (Lipinski definition) is 2. The predicted molar refractivity (Wildman–Crippen MR) is 70.6 cm³/mol. The highest BCUT2D eigenvalue weighted by atomic mass is 79.9. The second-order valence-electron chi connectivity index (χ2n) is 3.67. The van der Waals surface area contributed by atoms with E-state index < -0.39 is 0 Å². The maximum atomic E-state index is 12.2. The van der Waals surface area contributed by atoms with Crippen molar-refractivity contribution in [3.8, 4) is 0 Å². The normalized spacial score (nSPS) is 16.2. The molecule has 1 aliphatic rings. The van der Waals surface area contributed by atoms with Crippen LogP contribution in [0.4, 0.5) is 0 Å². The van der Waals surface area contributed by atoms with Crippen LogP contribution in [0.1, 0.15) is 10.4 Å². The summed E-state index contributed by atoms with van der Waals surface area (Å²) < 4.78 is 1.77. The molecular weight excluding hydrogens is 336 g/mol. The van der Waals surface area contributed by atoms with E-state index in [0.29, 0.717) is 0 Å². The van der Waals surface area contributed by atoms with Crippen molar-refractivity contribution >= 4 is 37.8 Å². The average molecular weight is 348 g/mol. The average Bonchev–Trinajstić information content (AvgIpc) is 2.32. The van der Waals surface area contributed by atoms with E-state index in [-0.39, 0.29) is 5.91 Å². The molecule has 0 saturated carbocycles. The van der Waals surface area contributed by atoms with Crippen LogP contribution in [0.5, 0.6) is 0 Å². The lowest BCUT2D eigenvalue weighted by atomic mass is 10.2. The van der Waals surface area contributed by atoms with E-state index in [9.17, 15) is 4.79 Å². The SMILES string of the molecule is O=C(c1cc(Br)ccc1Br)N1CCNCC1. The second-order valence-corrected chi connectivity index (χ2v) is 5.44. The Labute approximate surface area is 111 Å². The van der Waals surface area contributed by atoms with E-state index in [2.05, 4.69) is 37.2 Å². The van der Waals surface area contributed by atoms with Gasteiger partial charge in [-0.2, -0.15) is 0 Å². The highest BCUT2D eigenvalue weighted by Crippen LogP contribution is 2.23. The molecule has 0 bridgehead atoms. The van der Waals surface area contributed by atoms with E-state index in [4.69, 9.17) is 0 Å². The predicted octanol–water partition coefficient (Wildman–Crippen LogP) is 2.26. The highest BCUT2D eigenvalue weighted by molar-refractivity contribution is 9.11. The Kier molecular flexibility index (Phi) is 4.00. The summed E-state index contributed by atoms with van der Waals surface area (Å²) in [5.41, 5.74) is 0.719. The first kappa shape index (κ1) is 12.1. The van der Waals surface area contributed by atoms with Gasteiger partial charge in [0.25, 0.3) is 5.91 Å². The number of hydrogen-bond donors (Lipinski definition) is 1. The Morgan fingerprint density at radius 2 is 1.94 bits per heavy atom. The molecule has 0 aliphatic carbocycles. The molecule has 0 unspecified atom stereocenters. The van der Waals surface area contributed by atoms with Gasteiger partial charge in [-0.3, -0.25) is 4.79 Å². The number of carbonyl (C=O) groups is 1. The quantitative estimate of drug-likeness (QED) is 0.845. The zero-order valence-corrected chi connectivity index (χ0v) is 11.8. The number of nitrogens with zero attached hydrogens (tertiary/aromatic N) is 1. The molecule has 0 atom stereocenters. The summed E-state index contributed by atoms with van der Waals surface area (Å²) in [6, 6.07) is 5.66. The van der Waals surface area contributed by atoms with E-state index >= 15 is 0 Å². The van der Waals surface area contributed by atoms with Gasteiger partial charge in [-0.1, -0.05) is 15.9 Å². The lowest BCUT2D eigenvalue weighted by Crippen LogP contribution is -2.46. The van der Waals surface area contributed by atoms with Gasteiger partial charge in [0.15, 0.2) is 0 Å². The molecule has 1 amide bonds. The summed E-state index contributed by atoms with van der Waals surface area (Å²) >= 11 is 6.80. The molecule has 3 nitrogen and oxygen atoms in total. The lowest BCUT2D eigenvalue weighted by Gasteiger charge is -2.27. The molecule has 1 saturated heterocycles. The molecule has 1 aliphatic heterocycles. The van der Waals surface area contributed by atoms with Gasteiger partial charge in [0.1, 0.15) is 0 Å². The lowest BCUT2D eigenvalue weighted by molar-refractivity contribution is 0.0735. The number of piperazine rings is 1. The van der Waals surface area contributed by atoms with Crippen molar-refractivity contribution < 1.29 is 4.79 Å². The third-order valence-electron chi connectivity index (χ3n) is 2.56. The fourth-order valence-electron chi connectivity index (χ4n) is 1.70. The Morgan fingerprint density at radius 1 is 1.25 bits per heavy atom. The minimum atomic E-state index is 0.0923. The van der Waals surface area contributed by atoms with Gasteiger partial charge in [0.2, 0.25) is 0 Å². The Balaban J connectivity index is 2.22. The number of carbonyl (C=O) groups excluding carboxylic acids is 1. The maximum Gasteiger partial charge on any atom is 0.255 e. The van der Waals surface area contributed by atoms with Crippen molar-refractivity contribution in [2.45, 2.75) is 0 Å². The van der Waals surface area contributed by atoms with Crippen molar-refractivity contribution in [3.63, 3.8) is 0 Å². The number of amides is 1. The van der Waals surface area contributed by atoms with E-state index in [1.807, 2.05) is 23.1 Å². The zero-order valence-electron chi connectivity index (χ0n) is 8.67. The molecule has 1 heterocycles. The number of benzene rings is 1. The molecule has 0 spiro atoms. The second kappa shape index (κ2) is 5.29. The van der Waals surface area contributed by atoms with E-state index in [1.165, 1.54) is 0 Å². The topological polar surface area (TPSA) is 32.3 Å². The summed E-state index contributed by atoms with van der Waals surface area (Å²) in [4.78, 5) is 14.1. The fraction of sp³-hybridized carbons (Fsp3) is 0.364.